The van der Waals surface area contributed by atoms with Gasteiger partial charge < -0.3 is 5.73 Å². The molecule has 0 atom stereocenters. The van der Waals surface area contributed by atoms with Crippen molar-refractivity contribution in [2.45, 2.75) is 6.92 Å². The van der Waals surface area contributed by atoms with Crippen molar-refractivity contribution in [2.75, 3.05) is 5.73 Å². The Kier molecular flexibility index (Phi) is 1.73. The second-order valence-corrected chi connectivity index (χ2v) is 4.92. The van der Waals surface area contributed by atoms with Crippen molar-refractivity contribution in [2.24, 2.45) is 0 Å². The molecule has 0 amide bonds. The van der Waals surface area contributed by atoms with Crippen LogP contribution in [0.3, 0.4) is 0 Å². The summed E-state index contributed by atoms with van der Waals surface area (Å²) in [5, 5.41) is 13.5. The van der Waals surface area contributed by atoms with E-state index in [1.54, 1.807) is 10.8 Å². The normalized spacial score (nSPS) is 11.3. The van der Waals surface area contributed by atoms with Gasteiger partial charge in [-0.25, -0.2) is 4.98 Å². The van der Waals surface area contributed by atoms with Crippen LogP contribution in [-0.4, -0.2) is 24.8 Å². The molecule has 6 nitrogen and oxygen atoms in total. The summed E-state index contributed by atoms with van der Waals surface area (Å²) in [7, 11) is 0. The topological polar surface area (TPSA) is 82.0 Å². The van der Waals surface area contributed by atoms with E-state index in [-0.39, 0.29) is 0 Å². The summed E-state index contributed by atoms with van der Waals surface area (Å²) < 4.78 is 1.65. The highest BCUT2D eigenvalue weighted by Crippen LogP contribution is 2.33. The molecule has 3 aromatic rings. The van der Waals surface area contributed by atoms with E-state index >= 15 is 0 Å². The van der Waals surface area contributed by atoms with Crippen LogP contribution in [0.25, 0.3) is 14.8 Å². The van der Waals surface area contributed by atoms with E-state index in [9.17, 15) is 0 Å². The molecule has 0 unspecified atom stereocenters. The molecule has 0 bridgehead atoms. The van der Waals surface area contributed by atoms with Gasteiger partial charge in [0.15, 0.2) is 10.1 Å². The summed E-state index contributed by atoms with van der Waals surface area (Å²) in [4.78, 5) is 5.94. The molecule has 3 rings (SSSR count). The lowest BCUT2D eigenvalue weighted by Gasteiger charge is -1.87. The molecule has 8 heteroatoms. The predicted molar refractivity (Wildman–Crippen MR) is 58.9 cm³/mol. The van der Waals surface area contributed by atoms with E-state index in [1.807, 2.05) is 6.92 Å². The van der Waals surface area contributed by atoms with Crippen LogP contribution in [0.5, 0.6) is 0 Å². The van der Waals surface area contributed by atoms with Crippen molar-refractivity contribution in [3.05, 3.63) is 12.0 Å². The zero-order valence-electron chi connectivity index (χ0n) is 7.71. The number of hydrogen-bond donors (Lipinski definition) is 1. The zero-order chi connectivity index (χ0) is 10.4. The predicted octanol–water partition coefficient (Wildman–Crippen LogP) is 1.20. The van der Waals surface area contributed by atoms with E-state index in [4.69, 9.17) is 5.73 Å². The molecule has 0 aromatic carbocycles. The fourth-order valence-corrected chi connectivity index (χ4v) is 3.04. The van der Waals surface area contributed by atoms with Crippen molar-refractivity contribution in [1.29, 1.82) is 0 Å². The van der Waals surface area contributed by atoms with Gasteiger partial charge in [0, 0.05) is 0 Å². The summed E-state index contributed by atoms with van der Waals surface area (Å²) in [5.41, 5.74) is 6.54. The third-order valence-corrected chi connectivity index (χ3v) is 3.95. The van der Waals surface area contributed by atoms with Crippen molar-refractivity contribution in [3.63, 3.8) is 0 Å². The number of thiazole rings is 1. The molecule has 3 heterocycles. The van der Waals surface area contributed by atoms with Crippen molar-refractivity contribution in [1.82, 2.24) is 24.8 Å². The lowest BCUT2D eigenvalue weighted by molar-refractivity contribution is 0.960. The molecule has 2 N–H and O–H groups in total. The summed E-state index contributed by atoms with van der Waals surface area (Å²) in [6.45, 7) is 1.92. The first kappa shape index (κ1) is 8.74. The maximum absolute atomic E-state index is 5.64. The number of nitrogen functional groups attached to an aromatic ring is 1. The van der Waals surface area contributed by atoms with Gasteiger partial charge in [-0.1, -0.05) is 22.7 Å². The molecule has 15 heavy (non-hydrogen) atoms. The van der Waals surface area contributed by atoms with Crippen molar-refractivity contribution in [3.8, 4) is 9.88 Å². The molecular weight excluding hydrogens is 232 g/mol. The lowest BCUT2D eigenvalue weighted by atomic mass is 10.4. The Hall–Kier alpha value is -1.54. The molecule has 0 spiro atoms. The van der Waals surface area contributed by atoms with Gasteiger partial charge in [0.1, 0.15) is 6.33 Å². The van der Waals surface area contributed by atoms with Crippen LogP contribution < -0.4 is 5.73 Å². The SMILES string of the molecule is Cc1nc(N)sc1-c1nn2cnnc2s1. The molecule has 0 fully saturated rings. The minimum atomic E-state index is 0.563. The van der Waals surface area contributed by atoms with Gasteiger partial charge >= 0.3 is 0 Å². The summed E-state index contributed by atoms with van der Waals surface area (Å²) >= 11 is 2.92. The molecular formula is C7H6N6S2. The van der Waals surface area contributed by atoms with Crippen LogP contribution in [0.1, 0.15) is 5.69 Å². The lowest BCUT2D eigenvalue weighted by Crippen LogP contribution is -1.82. The Labute approximate surface area is 92.4 Å². The Bertz CT molecular complexity index is 592. The Balaban J connectivity index is 2.21. The van der Waals surface area contributed by atoms with Gasteiger partial charge in [0.2, 0.25) is 4.96 Å². The first-order chi connectivity index (χ1) is 7.24. The number of rotatable bonds is 1. The monoisotopic (exact) mass is 238 g/mol. The molecule has 0 saturated carbocycles. The van der Waals surface area contributed by atoms with E-state index in [2.05, 4.69) is 20.3 Å². The number of hydrogen-bond acceptors (Lipinski definition) is 7. The van der Waals surface area contributed by atoms with Crippen LogP contribution in [0.2, 0.25) is 0 Å². The Morgan fingerprint density at radius 2 is 2.27 bits per heavy atom. The third kappa shape index (κ3) is 1.29. The highest BCUT2D eigenvalue weighted by molar-refractivity contribution is 7.25. The summed E-state index contributed by atoms with van der Waals surface area (Å²) in [6.07, 6.45) is 1.58. The highest BCUT2D eigenvalue weighted by Gasteiger charge is 2.13. The van der Waals surface area contributed by atoms with E-state index in [1.165, 1.54) is 22.7 Å². The second-order valence-electron chi connectivity index (χ2n) is 2.93. The number of aryl methyl sites for hydroxylation is 1. The average molecular weight is 238 g/mol. The Morgan fingerprint density at radius 3 is 2.93 bits per heavy atom. The maximum atomic E-state index is 5.64. The number of aromatic nitrogens is 5. The number of nitrogens with zero attached hydrogens (tertiary/aromatic N) is 5. The second kappa shape index (κ2) is 2.97. The highest BCUT2D eigenvalue weighted by atomic mass is 32.1. The summed E-state index contributed by atoms with van der Waals surface area (Å²) in [6, 6.07) is 0. The first-order valence-corrected chi connectivity index (χ1v) is 5.77. The third-order valence-electron chi connectivity index (χ3n) is 1.89. The zero-order valence-corrected chi connectivity index (χ0v) is 9.34. The van der Waals surface area contributed by atoms with Crippen LogP contribution in [0.15, 0.2) is 6.33 Å². The van der Waals surface area contributed by atoms with Crippen LogP contribution >= 0.6 is 22.7 Å². The fourth-order valence-electron chi connectivity index (χ4n) is 1.27. The number of nitrogens with two attached hydrogens (primary N) is 1. The number of fused-ring (bicyclic) bond motifs is 1. The molecule has 76 valence electrons. The van der Waals surface area contributed by atoms with Gasteiger partial charge in [-0.2, -0.15) is 9.61 Å². The molecule has 0 aliphatic carbocycles. The summed E-state index contributed by atoms with van der Waals surface area (Å²) in [5.74, 6) is 0. The quantitative estimate of drug-likeness (QED) is 0.688. The standard InChI is InChI=1S/C7H6N6S2/c1-3-4(14-6(8)10-3)5-12-13-2-9-11-7(13)15-5/h2H,1H3,(H2,8,10). The van der Waals surface area contributed by atoms with E-state index in [0.29, 0.717) is 5.13 Å². The first-order valence-electron chi connectivity index (χ1n) is 4.14. The van der Waals surface area contributed by atoms with Gasteiger partial charge in [-0.05, 0) is 6.92 Å². The van der Waals surface area contributed by atoms with Gasteiger partial charge in [0.05, 0.1) is 10.6 Å². The smallest absolute Gasteiger partial charge is 0.234 e. The van der Waals surface area contributed by atoms with Crippen LogP contribution in [0, 0.1) is 6.92 Å². The van der Waals surface area contributed by atoms with Gasteiger partial charge in [-0.15, -0.1) is 10.2 Å². The largest absolute Gasteiger partial charge is 0.375 e. The van der Waals surface area contributed by atoms with E-state index in [0.717, 1.165) is 20.5 Å². The van der Waals surface area contributed by atoms with Gasteiger partial charge in [-0.3, -0.25) is 0 Å². The number of anilines is 1. The molecule has 0 radical (unpaired) electrons. The average Bonchev–Trinajstić information content (AvgIpc) is 2.77. The fraction of sp³-hybridized carbons (Fsp3) is 0.143. The molecule has 0 aliphatic heterocycles. The molecule has 0 saturated heterocycles. The van der Waals surface area contributed by atoms with Crippen molar-refractivity contribution >= 4 is 32.8 Å². The minimum Gasteiger partial charge on any atom is -0.375 e. The Morgan fingerprint density at radius 1 is 1.40 bits per heavy atom. The van der Waals surface area contributed by atoms with Crippen molar-refractivity contribution < 1.29 is 0 Å². The van der Waals surface area contributed by atoms with Gasteiger partial charge in [0.25, 0.3) is 0 Å². The van der Waals surface area contributed by atoms with Crippen LogP contribution in [-0.2, 0) is 0 Å². The molecule has 3 aromatic heterocycles. The maximum Gasteiger partial charge on any atom is 0.234 e. The minimum absolute atomic E-state index is 0.563. The molecule has 0 aliphatic rings. The van der Waals surface area contributed by atoms with E-state index < -0.39 is 0 Å². The van der Waals surface area contributed by atoms with Crippen LogP contribution in [0.4, 0.5) is 5.13 Å².